The van der Waals surface area contributed by atoms with Gasteiger partial charge in [0.15, 0.2) is 0 Å². The Morgan fingerprint density at radius 2 is 0.923 bits per heavy atom. The van der Waals surface area contributed by atoms with Gasteiger partial charge in [-0.25, -0.2) is 0 Å². The van der Waals surface area contributed by atoms with E-state index < -0.39 is 6.10 Å². The quantitative estimate of drug-likeness (QED) is 0.0577. The summed E-state index contributed by atoms with van der Waals surface area (Å²) in [4.78, 5) is 0. The Morgan fingerprint density at radius 1 is 0.513 bits per heavy atom. The van der Waals surface area contributed by atoms with Crippen LogP contribution < -0.4 is 5.32 Å². The lowest BCUT2D eigenvalue weighted by Gasteiger charge is -2.22. The van der Waals surface area contributed by atoms with Gasteiger partial charge >= 0.3 is 0 Å². The standard InChI is InChI=1S/C36H71NO2/c1-3-5-7-9-11-13-15-17-18-19-21-23-25-27-29-31-33-37-35(34-38)36(39)32-30-28-26-24-22-20-16-14-12-10-8-6-4-2/h11,13,17-18,35-39H,3-10,12,14-16,19-34H2,1-2H3. The van der Waals surface area contributed by atoms with Crippen LogP contribution in [0.1, 0.15) is 181 Å². The van der Waals surface area contributed by atoms with E-state index in [4.69, 9.17) is 0 Å². The van der Waals surface area contributed by atoms with Crippen molar-refractivity contribution in [1.29, 1.82) is 0 Å². The molecule has 39 heavy (non-hydrogen) atoms. The highest BCUT2D eigenvalue weighted by Crippen LogP contribution is 2.14. The fourth-order valence-corrected chi connectivity index (χ4v) is 5.30. The molecule has 0 aromatic carbocycles. The molecule has 2 atom stereocenters. The summed E-state index contributed by atoms with van der Waals surface area (Å²) >= 11 is 0. The van der Waals surface area contributed by atoms with Crippen LogP contribution in [0.25, 0.3) is 0 Å². The third-order valence-corrected chi connectivity index (χ3v) is 8.05. The number of aliphatic hydroxyl groups excluding tert-OH is 2. The Labute approximate surface area is 245 Å². The second-order valence-electron chi connectivity index (χ2n) is 11.9. The first-order chi connectivity index (χ1) is 19.3. The number of allylic oxidation sites excluding steroid dienone is 4. The third-order valence-electron chi connectivity index (χ3n) is 8.05. The van der Waals surface area contributed by atoms with Gasteiger partial charge in [0, 0.05) is 0 Å². The summed E-state index contributed by atoms with van der Waals surface area (Å²) in [5, 5.41) is 23.6. The van der Waals surface area contributed by atoms with E-state index in [1.54, 1.807) is 0 Å². The number of hydrogen-bond donors (Lipinski definition) is 3. The van der Waals surface area contributed by atoms with Gasteiger partial charge in [0.2, 0.25) is 0 Å². The average Bonchev–Trinajstić information content (AvgIpc) is 2.95. The monoisotopic (exact) mass is 550 g/mol. The molecule has 0 saturated carbocycles. The summed E-state index contributed by atoms with van der Waals surface area (Å²) in [6, 6.07) is -0.166. The predicted molar refractivity (Wildman–Crippen MR) is 175 cm³/mol. The summed E-state index contributed by atoms with van der Waals surface area (Å²) in [6.45, 7) is 5.46. The molecule has 0 aliphatic heterocycles. The molecule has 3 heteroatoms. The highest BCUT2D eigenvalue weighted by Gasteiger charge is 2.16. The zero-order chi connectivity index (χ0) is 28.5. The van der Waals surface area contributed by atoms with E-state index >= 15 is 0 Å². The van der Waals surface area contributed by atoms with Gasteiger partial charge in [0.05, 0.1) is 18.8 Å². The summed E-state index contributed by atoms with van der Waals surface area (Å²) in [5.74, 6) is 0. The molecule has 0 aliphatic carbocycles. The van der Waals surface area contributed by atoms with E-state index in [1.165, 1.54) is 141 Å². The van der Waals surface area contributed by atoms with Gasteiger partial charge in [0.1, 0.15) is 0 Å². The van der Waals surface area contributed by atoms with Gasteiger partial charge in [-0.3, -0.25) is 0 Å². The van der Waals surface area contributed by atoms with Crippen LogP contribution in [0.3, 0.4) is 0 Å². The highest BCUT2D eigenvalue weighted by molar-refractivity contribution is 4.92. The van der Waals surface area contributed by atoms with E-state index in [1.807, 2.05) is 0 Å². The summed E-state index contributed by atoms with van der Waals surface area (Å²) < 4.78 is 0. The first kappa shape index (κ1) is 38.4. The molecule has 0 aliphatic rings. The molecule has 3 N–H and O–H groups in total. The molecule has 0 spiro atoms. The summed E-state index contributed by atoms with van der Waals surface area (Å²) in [7, 11) is 0. The first-order valence-corrected chi connectivity index (χ1v) is 17.6. The molecule has 0 saturated heterocycles. The van der Waals surface area contributed by atoms with Crippen molar-refractivity contribution in [2.75, 3.05) is 13.2 Å². The summed E-state index contributed by atoms with van der Waals surface area (Å²) in [5.41, 5.74) is 0. The van der Waals surface area contributed by atoms with Crippen molar-refractivity contribution in [1.82, 2.24) is 5.32 Å². The van der Waals surface area contributed by atoms with Gasteiger partial charge in [0.25, 0.3) is 0 Å². The molecule has 232 valence electrons. The fourth-order valence-electron chi connectivity index (χ4n) is 5.30. The molecule has 0 rings (SSSR count). The maximum Gasteiger partial charge on any atom is 0.0715 e. The van der Waals surface area contributed by atoms with E-state index in [9.17, 15) is 10.2 Å². The highest BCUT2D eigenvalue weighted by atomic mass is 16.3. The Bertz CT molecular complexity index is 504. The maximum atomic E-state index is 10.5. The second kappa shape index (κ2) is 33.6. The summed E-state index contributed by atoms with van der Waals surface area (Å²) in [6.07, 6.45) is 42.3. The number of aliphatic hydroxyl groups is 2. The van der Waals surface area contributed by atoms with E-state index in [0.717, 1.165) is 32.2 Å². The molecule has 0 bridgehead atoms. The number of unbranched alkanes of at least 4 members (excludes halogenated alkanes) is 21. The molecule has 0 aromatic rings. The minimum atomic E-state index is -0.424. The zero-order valence-electron chi connectivity index (χ0n) is 26.7. The molecule has 2 unspecified atom stereocenters. The second-order valence-corrected chi connectivity index (χ2v) is 11.9. The lowest BCUT2D eigenvalue weighted by molar-refractivity contribution is 0.0810. The normalized spacial score (nSPS) is 13.6. The van der Waals surface area contributed by atoms with Gasteiger partial charge in [-0.1, -0.05) is 160 Å². The molecule has 0 amide bonds. The zero-order valence-corrected chi connectivity index (χ0v) is 26.7. The minimum Gasteiger partial charge on any atom is -0.395 e. The van der Waals surface area contributed by atoms with Crippen molar-refractivity contribution in [2.24, 2.45) is 0 Å². The lowest BCUT2D eigenvalue weighted by Crippen LogP contribution is -2.43. The smallest absolute Gasteiger partial charge is 0.0715 e. The van der Waals surface area contributed by atoms with Gasteiger partial charge in [-0.2, -0.15) is 0 Å². The van der Waals surface area contributed by atoms with Crippen LogP contribution in [0.4, 0.5) is 0 Å². The van der Waals surface area contributed by atoms with E-state index in [0.29, 0.717) is 0 Å². The predicted octanol–water partition coefficient (Wildman–Crippen LogP) is 10.6. The first-order valence-electron chi connectivity index (χ1n) is 17.6. The van der Waals surface area contributed by atoms with Crippen LogP contribution in [0.15, 0.2) is 24.3 Å². The van der Waals surface area contributed by atoms with Crippen molar-refractivity contribution < 1.29 is 10.2 Å². The van der Waals surface area contributed by atoms with Crippen molar-refractivity contribution in [3.05, 3.63) is 24.3 Å². The Balaban J connectivity index is 3.46. The fraction of sp³-hybridized carbons (Fsp3) is 0.889. The molecule has 0 aromatic heterocycles. The van der Waals surface area contributed by atoms with Crippen molar-refractivity contribution in [3.8, 4) is 0 Å². The van der Waals surface area contributed by atoms with Crippen molar-refractivity contribution in [2.45, 2.75) is 193 Å². The molecule has 0 fully saturated rings. The Kier molecular flexibility index (Phi) is 33.0. The van der Waals surface area contributed by atoms with Gasteiger partial charge < -0.3 is 15.5 Å². The average molecular weight is 550 g/mol. The maximum absolute atomic E-state index is 10.5. The van der Waals surface area contributed by atoms with Crippen LogP contribution in [0.5, 0.6) is 0 Å². The largest absolute Gasteiger partial charge is 0.395 e. The van der Waals surface area contributed by atoms with Crippen molar-refractivity contribution in [3.63, 3.8) is 0 Å². The van der Waals surface area contributed by atoms with Crippen LogP contribution in [-0.4, -0.2) is 35.5 Å². The van der Waals surface area contributed by atoms with E-state index in [2.05, 4.69) is 43.5 Å². The Morgan fingerprint density at radius 3 is 1.44 bits per heavy atom. The van der Waals surface area contributed by atoms with Crippen molar-refractivity contribution >= 4 is 0 Å². The Hall–Kier alpha value is -0.640. The van der Waals surface area contributed by atoms with E-state index in [-0.39, 0.29) is 12.6 Å². The van der Waals surface area contributed by atoms with Crippen LogP contribution in [-0.2, 0) is 0 Å². The van der Waals surface area contributed by atoms with Gasteiger partial charge in [-0.05, 0) is 51.5 Å². The number of hydrogen-bond acceptors (Lipinski definition) is 3. The van der Waals surface area contributed by atoms with Crippen LogP contribution in [0.2, 0.25) is 0 Å². The minimum absolute atomic E-state index is 0.0295. The third kappa shape index (κ3) is 30.2. The topological polar surface area (TPSA) is 52.5 Å². The molecule has 0 heterocycles. The van der Waals surface area contributed by atoms with Crippen LogP contribution in [0, 0.1) is 0 Å². The number of nitrogens with one attached hydrogen (secondary N) is 1. The SMILES string of the molecule is CCCCCC=CCC=CCCCCCCCCNC(CO)C(O)CCCCCCCCCCCCCCC. The molecule has 3 nitrogen and oxygen atoms in total. The number of rotatable bonds is 32. The molecular formula is C36H71NO2. The van der Waals surface area contributed by atoms with Gasteiger partial charge in [-0.15, -0.1) is 0 Å². The molecular weight excluding hydrogens is 478 g/mol. The van der Waals surface area contributed by atoms with Crippen LogP contribution >= 0.6 is 0 Å². The lowest BCUT2D eigenvalue weighted by atomic mass is 10.0. The molecule has 0 radical (unpaired) electrons.